The van der Waals surface area contributed by atoms with Gasteiger partial charge in [0.2, 0.25) is 0 Å². The van der Waals surface area contributed by atoms with Crippen LogP contribution in [-0.2, 0) is 4.74 Å². The maximum absolute atomic E-state index is 12.7. The van der Waals surface area contributed by atoms with Gasteiger partial charge in [0.25, 0.3) is 0 Å². The third kappa shape index (κ3) is 4.36. The van der Waals surface area contributed by atoms with Crippen molar-refractivity contribution in [1.82, 2.24) is 9.80 Å². The summed E-state index contributed by atoms with van der Waals surface area (Å²) < 4.78 is 5.61. The van der Waals surface area contributed by atoms with Crippen LogP contribution >= 0.6 is 0 Å². The number of β-amino-alcohol motifs (C(OH)–C–C–N with tert-alkyl or cyclic N) is 1. The number of benzene rings is 1. The highest BCUT2D eigenvalue weighted by molar-refractivity contribution is 5.75. The SMILES string of the molecule is COCC1(CC[C@@H]2CC2c2ccccc2)CCN(C(=O)N2CC[C@@H](O)C2)CC1. The van der Waals surface area contributed by atoms with Crippen LogP contribution in [0.5, 0.6) is 0 Å². The van der Waals surface area contributed by atoms with Gasteiger partial charge in [0.05, 0.1) is 12.7 Å². The fourth-order valence-corrected chi connectivity index (χ4v) is 5.23. The van der Waals surface area contributed by atoms with Crippen LogP contribution in [0, 0.1) is 11.3 Å². The lowest BCUT2D eigenvalue weighted by Gasteiger charge is -2.42. The largest absolute Gasteiger partial charge is 0.391 e. The molecule has 2 aliphatic heterocycles. The van der Waals surface area contributed by atoms with Gasteiger partial charge < -0.3 is 19.6 Å². The molecule has 3 aliphatic rings. The molecule has 3 fully saturated rings. The Kier molecular flexibility index (Phi) is 5.93. The van der Waals surface area contributed by atoms with Gasteiger partial charge in [-0.25, -0.2) is 4.79 Å². The highest BCUT2D eigenvalue weighted by Gasteiger charge is 2.42. The molecule has 0 spiro atoms. The molecule has 2 heterocycles. The van der Waals surface area contributed by atoms with E-state index in [9.17, 15) is 9.90 Å². The van der Waals surface area contributed by atoms with Gasteiger partial charge in [0.1, 0.15) is 0 Å². The second kappa shape index (κ2) is 8.42. The van der Waals surface area contributed by atoms with Gasteiger partial charge in [0, 0.05) is 33.3 Å². The quantitative estimate of drug-likeness (QED) is 0.814. The standard InChI is InChI=1S/C23H34N2O3/c1-28-17-23(9-7-19-15-21(19)18-5-3-2-4-6-18)10-13-24(14-11-23)22(27)25-12-8-20(26)16-25/h2-6,19-21,26H,7-17H2,1H3/t19-,20-,21?/m1/s1. The molecule has 154 valence electrons. The Balaban J connectivity index is 1.28. The highest BCUT2D eigenvalue weighted by atomic mass is 16.5. The average molecular weight is 387 g/mol. The van der Waals surface area contributed by atoms with E-state index in [4.69, 9.17) is 4.74 Å². The number of nitrogens with zero attached hydrogens (tertiary/aromatic N) is 2. The second-order valence-electron chi connectivity index (χ2n) is 9.14. The van der Waals surface area contributed by atoms with E-state index in [1.54, 1.807) is 7.11 Å². The molecule has 3 atom stereocenters. The van der Waals surface area contributed by atoms with Crippen LogP contribution in [0.25, 0.3) is 0 Å². The van der Waals surface area contributed by atoms with Gasteiger partial charge in [-0.1, -0.05) is 30.3 Å². The van der Waals surface area contributed by atoms with E-state index in [0.29, 0.717) is 19.5 Å². The van der Waals surface area contributed by atoms with Gasteiger partial charge in [-0.15, -0.1) is 0 Å². The predicted molar refractivity (Wildman–Crippen MR) is 109 cm³/mol. The number of urea groups is 1. The van der Waals surface area contributed by atoms with Crippen molar-refractivity contribution in [3.63, 3.8) is 0 Å². The summed E-state index contributed by atoms with van der Waals surface area (Å²) in [6.07, 6.45) is 6.16. The monoisotopic (exact) mass is 386 g/mol. The normalized spacial score (nSPS) is 29.1. The van der Waals surface area contributed by atoms with E-state index >= 15 is 0 Å². The van der Waals surface area contributed by atoms with Gasteiger partial charge in [-0.2, -0.15) is 0 Å². The highest BCUT2D eigenvalue weighted by Crippen LogP contribution is 2.52. The minimum absolute atomic E-state index is 0.105. The Morgan fingerprint density at radius 2 is 1.93 bits per heavy atom. The molecule has 0 bridgehead atoms. The average Bonchev–Trinajstić information content (AvgIpc) is 3.38. The van der Waals surface area contributed by atoms with E-state index in [-0.39, 0.29) is 17.6 Å². The molecule has 1 aromatic carbocycles. The summed E-state index contributed by atoms with van der Waals surface area (Å²) in [4.78, 5) is 16.5. The number of hydrogen-bond donors (Lipinski definition) is 1. The number of carbonyl (C=O) groups is 1. The number of aliphatic hydroxyl groups is 1. The number of piperidine rings is 1. The van der Waals surface area contributed by atoms with Crippen molar-refractivity contribution in [2.75, 3.05) is 39.9 Å². The van der Waals surface area contributed by atoms with Crippen LogP contribution in [0.15, 0.2) is 30.3 Å². The third-order valence-electron chi connectivity index (χ3n) is 7.17. The van der Waals surface area contributed by atoms with Crippen LogP contribution in [0.4, 0.5) is 4.79 Å². The van der Waals surface area contributed by atoms with E-state index < -0.39 is 0 Å². The van der Waals surface area contributed by atoms with Gasteiger partial charge >= 0.3 is 6.03 Å². The lowest BCUT2D eigenvalue weighted by Crippen LogP contribution is -2.49. The van der Waals surface area contributed by atoms with Crippen LogP contribution in [0.3, 0.4) is 0 Å². The number of rotatable bonds is 6. The Morgan fingerprint density at radius 3 is 2.57 bits per heavy atom. The Hall–Kier alpha value is -1.59. The number of ether oxygens (including phenoxy) is 1. The first-order valence-electron chi connectivity index (χ1n) is 10.9. The Bertz CT molecular complexity index is 657. The molecule has 1 N–H and O–H groups in total. The van der Waals surface area contributed by atoms with E-state index in [2.05, 4.69) is 30.3 Å². The van der Waals surface area contributed by atoms with Crippen LogP contribution in [0.1, 0.15) is 50.0 Å². The molecular formula is C23H34N2O3. The van der Waals surface area contributed by atoms with Crippen molar-refractivity contribution in [3.8, 4) is 0 Å². The van der Waals surface area contributed by atoms with Crippen molar-refractivity contribution < 1.29 is 14.6 Å². The minimum Gasteiger partial charge on any atom is -0.391 e. The Morgan fingerprint density at radius 1 is 1.18 bits per heavy atom. The molecule has 0 aromatic heterocycles. The van der Waals surface area contributed by atoms with Crippen molar-refractivity contribution >= 4 is 6.03 Å². The summed E-state index contributed by atoms with van der Waals surface area (Å²) in [5.74, 6) is 1.55. The summed E-state index contributed by atoms with van der Waals surface area (Å²) in [6, 6.07) is 11.0. The van der Waals surface area contributed by atoms with Crippen molar-refractivity contribution in [2.24, 2.45) is 11.3 Å². The molecule has 2 amide bonds. The van der Waals surface area contributed by atoms with Crippen LogP contribution in [-0.4, -0.2) is 66.9 Å². The summed E-state index contributed by atoms with van der Waals surface area (Å²) in [7, 11) is 1.80. The van der Waals surface area contributed by atoms with Gasteiger partial charge in [-0.3, -0.25) is 0 Å². The maximum atomic E-state index is 12.7. The minimum atomic E-state index is -0.350. The van der Waals surface area contributed by atoms with Crippen LogP contribution < -0.4 is 0 Å². The number of methoxy groups -OCH3 is 1. The van der Waals surface area contributed by atoms with Gasteiger partial charge in [0.15, 0.2) is 0 Å². The molecule has 1 aromatic rings. The topological polar surface area (TPSA) is 53.0 Å². The molecule has 2 saturated heterocycles. The van der Waals surface area contributed by atoms with Crippen molar-refractivity contribution in [1.29, 1.82) is 0 Å². The fraction of sp³-hybridized carbons (Fsp3) is 0.696. The lowest BCUT2D eigenvalue weighted by atomic mass is 9.75. The molecular weight excluding hydrogens is 352 g/mol. The van der Waals surface area contributed by atoms with Crippen molar-refractivity contribution in [2.45, 2.75) is 50.5 Å². The summed E-state index contributed by atoms with van der Waals surface area (Å²) in [5, 5.41) is 9.70. The number of carbonyl (C=O) groups excluding carboxylic acids is 1. The summed E-state index contributed by atoms with van der Waals surface area (Å²) >= 11 is 0. The summed E-state index contributed by atoms with van der Waals surface area (Å²) in [5.41, 5.74) is 1.70. The zero-order valence-electron chi connectivity index (χ0n) is 17.1. The van der Waals surface area contributed by atoms with Crippen molar-refractivity contribution in [3.05, 3.63) is 35.9 Å². The van der Waals surface area contributed by atoms with Crippen LogP contribution in [0.2, 0.25) is 0 Å². The zero-order chi connectivity index (χ0) is 19.6. The molecule has 1 aliphatic carbocycles. The second-order valence-corrected chi connectivity index (χ2v) is 9.14. The fourth-order valence-electron chi connectivity index (χ4n) is 5.23. The zero-order valence-corrected chi connectivity index (χ0v) is 17.1. The van der Waals surface area contributed by atoms with Gasteiger partial charge in [-0.05, 0) is 61.3 Å². The number of hydrogen-bond acceptors (Lipinski definition) is 3. The molecule has 0 radical (unpaired) electrons. The van der Waals surface area contributed by atoms with E-state index in [1.165, 1.54) is 24.8 Å². The van der Waals surface area contributed by atoms with E-state index in [0.717, 1.165) is 44.4 Å². The molecule has 1 saturated carbocycles. The molecule has 28 heavy (non-hydrogen) atoms. The number of aliphatic hydroxyl groups excluding tert-OH is 1. The molecule has 5 nitrogen and oxygen atoms in total. The third-order valence-corrected chi connectivity index (χ3v) is 7.17. The Labute approximate surface area is 168 Å². The molecule has 1 unspecified atom stereocenters. The molecule has 4 rings (SSSR count). The first kappa shape index (κ1) is 19.7. The smallest absolute Gasteiger partial charge is 0.320 e. The van der Waals surface area contributed by atoms with E-state index in [1.807, 2.05) is 9.80 Å². The predicted octanol–water partition coefficient (Wildman–Crippen LogP) is 3.49. The maximum Gasteiger partial charge on any atom is 0.320 e. The number of amides is 2. The summed E-state index contributed by atoms with van der Waals surface area (Å²) in [6.45, 7) is 3.58. The first-order chi connectivity index (χ1) is 13.6. The lowest BCUT2D eigenvalue weighted by molar-refractivity contribution is 0.0180. The number of likely N-dealkylation sites (tertiary alicyclic amines) is 2. The first-order valence-corrected chi connectivity index (χ1v) is 10.9. The molecule has 5 heteroatoms.